The largest absolute Gasteiger partial charge is 0.203 e. The third-order valence-corrected chi connectivity index (χ3v) is 5.97. The minimum atomic E-state index is -1.58. The van der Waals surface area contributed by atoms with Gasteiger partial charge in [-0.05, 0) is 60.9 Å². The summed E-state index contributed by atoms with van der Waals surface area (Å²) in [5.41, 5.74) is -0.671. The molecule has 0 bridgehead atoms. The van der Waals surface area contributed by atoms with Crippen molar-refractivity contribution in [3.63, 3.8) is 0 Å². The highest BCUT2D eigenvalue weighted by atomic mass is 32.1. The molecule has 2 aromatic carbocycles. The molecule has 0 heterocycles. The number of benzene rings is 2. The van der Waals surface area contributed by atoms with Gasteiger partial charge in [0.05, 0.1) is 10.7 Å². The zero-order chi connectivity index (χ0) is 21.0. The Morgan fingerprint density at radius 1 is 0.931 bits per heavy atom. The van der Waals surface area contributed by atoms with Crippen LogP contribution in [0.25, 0.3) is 11.1 Å². The number of halogens is 4. The van der Waals surface area contributed by atoms with Crippen LogP contribution >= 0.6 is 12.2 Å². The summed E-state index contributed by atoms with van der Waals surface area (Å²) in [5.74, 6) is -4.94. The third-order valence-electron chi connectivity index (χ3n) is 5.88. The van der Waals surface area contributed by atoms with Gasteiger partial charge in [0, 0.05) is 0 Å². The molecule has 0 atom stereocenters. The number of nitrogens with zero attached hydrogens (tertiary/aromatic N) is 1. The maximum absolute atomic E-state index is 14.4. The highest BCUT2D eigenvalue weighted by Crippen LogP contribution is 2.39. The summed E-state index contributed by atoms with van der Waals surface area (Å²) in [4.78, 5) is 3.10. The fourth-order valence-electron chi connectivity index (χ4n) is 4.22. The molecule has 0 saturated heterocycles. The lowest BCUT2D eigenvalue weighted by atomic mass is 9.77. The van der Waals surface area contributed by atoms with Crippen molar-refractivity contribution in [3.8, 4) is 11.1 Å². The summed E-state index contributed by atoms with van der Waals surface area (Å²) in [5, 5.41) is 1.73. The highest BCUT2D eigenvalue weighted by molar-refractivity contribution is 7.78. The molecule has 0 radical (unpaired) electrons. The molecule has 1 aliphatic rings. The Labute approximate surface area is 173 Å². The molecule has 0 N–H and O–H groups in total. The first-order valence-electron chi connectivity index (χ1n) is 10.0. The summed E-state index contributed by atoms with van der Waals surface area (Å²) in [6.45, 7) is 2.20. The Kier molecular flexibility index (Phi) is 7.20. The van der Waals surface area contributed by atoms with Gasteiger partial charge in [-0.1, -0.05) is 50.5 Å². The van der Waals surface area contributed by atoms with Gasteiger partial charge in [-0.25, -0.2) is 17.6 Å². The molecule has 2 aromatic rings. The molecule has 0 unspecified atom stereocenters. The molecule has 29 heavy (non-hydrogen) atoms. The van der Waals surface area contributed by atoms with E-state index in [0.717, 1.165) is 24.3 Å². The standard InChI is InChI=1S/C23H23F4NS/c1-2-3-4-14-5-7-15(8-6-14)16-9-11-17(12-10-16)18-19(24)21(26)23(28-13-29)22(27)20(18)25/h9-12,14-15H,2-8H2,1H3. The number of aliphatic imine (C=N–C) groups is 1. The first-order chi connectivity index (χ1) is 14.0. The minimum Gasteiger partial charge on any atom is -0.203 e. The van der Waals surface area contributed by atoms with Crippen LogP contribution in [-0.2, 0) is 0 Å². The van der Waals surface area contributed by atoms with Gasteiger partial charge in [0.1, 0.15) is 0 Å². The van der Waals surface area contributed by atoms with E-state index in [-0.39, 0.29) is 5.56 Å². The van der Waals surface area contributed by atoms with Crippen molar-refractivity contribution in [3.05, 3.63) is 53.1 Å². The predicted octanol–water partition coefficient (Wildman–Crippen LogP) is 8.11. The zero-order valence-corrected chi connectivity index (χ0v) is 17.1. The molecule has 6 heteroatoms. The van der Waals surface area contributed by atoms with Crippen LogP contribution in [0.4, 0.5) is 23.2 Å². The van der Waals surface area contributed by atoms with E-state index in [1.807, 2.05) is 0 Å². The van der Waals surface area contributed by atoms with E-state index < -0.39 is 34.5 Å². The molecule has 1 nitrogen and oxygen atoms in total. The van der Waals surface area contributed by atoms with Crippen LogP contribution in [0.2, 0.25) is 0 Å². The topological polar surface area (TPSA) is 12.4 Å². The van der Waals surface area contributed by atoms with Crippen molar-refractivity contribution >= 4 is 23.1 Å². The number of unbranched alkanes of at least 4 members (excludes halogenated alkanes) is 1. The van der Waals surface area contributed by atoms with Crippen LogP contribution < -0.4 is 0 Å². The molecule has 0 aliphatic heterocycles. The van der Waals surface area contributed by atoms with Crippen LogP contribution in [0.15, 0.2) is 29.3 Å². The molecule has 154 valence electrons. The SMILES string of the molecule is CCCCC1CCC(c2ccc(-c3c(F)c(F)c(N=C=S)c(F)c3F)cc2)CC1. The Morgan fingerprint density at radius 2 is 1.52 bits per heavy atom. The molecule has 1 saturated carbocycles. The Balaban J connectivity index is 1.82. The van der Waals surface area contributed by atoms with Crippen LogP contribution in [0, 0.1) is 29.2 Å². The summed E-state index contributed by atoms with van der Waals surface area (Å²) in [6, 6.07) is 6.62. The van der Waals surface area contributed by atoms with E-state index >= 15 is 0 Å². The molecular formula is C23H23F4NS. The highest BCUT2D eigenvalue weighted by Gasteiger charge is 2.27. The van der Waals surface area contributed by atoms with E-state index in [2.05, 4.69) is 24.1 Å². The monoisotopic (exact) mass is 421 g/mol. The average molecular weight is 422 g/mol. The molecule has 0 amide bonds. The van der Waals surface area contributed by atoms with Crippen molar-refractivity contribution in [1.82, 2.24) is 0 Å². The number of hydrogen-bond donors (Lipinski definition) is 0. The van der Waals surface area contributed by atoms with E-state index in [0.29, 0.717) is 5.92 Å². The maximum atomic E-state index is 14.4. The maximum Gasteiger partial charge on any atom is 0.189 e. The molecule has 0 aromatic heterocycles. The Hall–Kier alpha value is -2.04. The number of thiocarbonyl (C=S) groups is 1. The molecular weight excluding hydrogens is 398 g/mol. The van der Waals surface area contributed by atoms with Crippen molar-refractivity contribution in [2.45, 2.75) is 57.8 Å². The van der Waals surface area contributed by atoms with Crippen LogP contribution in [-0.4, -0.2) is 5.16 Å². The van der Waals surface area contributed by atoms with Gasteiger partial charge in [0.25, 0.3) is 0 Å². The second kappa shape index (κ2) is 9.64. The molecule has 1 fully saturated rings. The van der Waals surface area contributed by atoms with Gasteiger partial charge in [0.15, 0.2) is 29.0 Å². The fourth-order valence-corrected chi connectivity index (χ4v) is 4.31. The molecule has 1 aliphatic carbocycles. The summed E-state index contributed by atoms with van der Waals surface area (Å²) < 4.78 is 57.0. The van der Waals surface area contributed by atoms with E-state index in [1.165, 1.54) is 44.2 Å². The van der Waals surface area contributed by atoms with Gasteiger partial charge in [0.2, 0.25) is 0 Å². The lowest BCUT2D eigenvalue weighted by Crippen LogP contribution is -2.13. The van der Waals surface area contributed by atoms with Gasteiger partial charge >= 0.3 is 0 Å². The van der Waals surface area contributed by atoms with Crippen LogP contribution in [0.5, 0.6) is 0 Å². The van der Waals surface area contributed by atoms with Crippen molar-refractivity contribution in [2.75, 3.05) is 0 Å². The number of rotatable bonds is 6. The smallest absolute Gasteiger partial charge is 0.189 e. The quantitative estimate of drug-likeness (QED) is 0.199. The Bertz CT molecular complexity index is 882. The predicted molar refractivity (Wildman–Crippen MR) is 111 cm³/mol. The van der Waals surface area contributed by atoms with Gasteiger partial charge < -0.3 is 0 Å². The average Bonchev–Trinajstić information content (AvgIpc) is 2.75. The number of hydrogen-bond acceptors (Lipinski definition) is 2. The second-order valence-corrected chi connectivity index (χ2v) is 7.85. The van der Waals surface area contributed by atoms with E-state index in [1.54, 1.807) is 17.3 Å². The zero-order valence-electron chi connectivity index (χ0n) is 16.3. The normalized spacial score (nSPS) is 19.1. The van der Waals surface area contributed by atoms with Crippen LogP contribution in [0.1, 0.15) is 63.4 Å². The third kappa shape index (κ3) is 4.59. The first kappa shape index (κ1) is 21.7. The van der Waals surface area contributed by atoms with Gasteiger partial charge in [-0.3, -0.25) is 0 Å². The Morgan fingerprint density at radius 3 is 2.03 bits per heavy atom. The number of isothiocyanates is 1. The fraction of sp³-hybridized carbons (Fsp3) is 0.435. The first-order valence-corrected chi connectivity index (χ1v) is 10.4. The van der Waals surface area contributed by atoms with Gasteiger partial charge in [-0.15, -0.1) is 0 Å². The molecule has 0 spiro atoms. The van der Waals surface area contributed by atoms with Crippen molar-refractivity contribution in [2.24, 2.45) is 10.9 Å². The minimum absolute atomic E-state index is 0.0797. The lowest BCUT2D eigenvalue weighted by Gasteiger charge is -2.29. The van der Waals surface area contributed by atoms with Crippen molar-refractivity contribution in [1.29, 1.82) is 0 Å². The van der Waals surface area contributed by atoms with Crippen molar-refractivity contribution < 1.29 is 17.6 Å². The van der Waals surface area contributed by atoms with Gasteiger partial charge in [-0.2, -0.15) is 4.99 Å². The van der Waals surface area contributed by atoms with E-state index in [9.17, 15) is 17.6 Å². The molecule has 3 rings (SSSR count). The van der Waals surface area contributed by atoms with E-state index in [4.69, 9.17) is 0 Å². The summed E-state index contributed by atoms with van der Waals surface area (Å²) >= 11 is 4.28. The lowest BCUT2D eigenvalue weighted by molar-refractivity contribution is 0.304. The second-order valence-electron chi connectivity index (χ2n) is 7.66. The summed E-state index contributed by atoms with van der Waals surface area (Å²) in [7, 11) is 0. The van der Waals surface area contributed by atoms with Crippen LogP contribution in [0.3, 0.4) is 0 Å². The summed E-state index contributed by atoms with van der Waals surface area (Å²) in [6.07, 6.45) is 8.31.